The molecule has 0 aliphatic heterocycles. The van der Waals surface area contributed by atoms with Crippen LogP contribution in [0.1, 0.15) is 31.5 Å². The SMILES string of the molecule is CC(C)CCc1cn(-c2ccccc2)c(=O)n1Cc1ccc(-c2ccccc2-c2nn[nH]n2)cc1. The number of para-hydroxylation sites is 1. The van der Waals surface area contributed by atoms with Crippen molar-refractivity contribution in [1.29, 1.82) is 0 Å². The van der Waals surface area contributed by atoms with Crippen molar-refractivity contribution in [2.24, 2.45) is 5.92 Å². The number of nitrogens with one attached hydrogen (secondary N) is 1. The highest BCUT2D eigenvalue weighted by Gasteiger charge is 2.15. The molecule has 2 aromatic heterocycles. The minimum absolute atomic E-state index is 0.0125. The summed E-state index contributed by atoms with van der Waals surface area (Å²) in [6.07, 6.45) is 3.89. The zero-order chi connectivity index (χ0) is 24.2. The molecule has 0 unspecified atom stereocenters. The van der Waals surface area contributed by atoms with E-state index in [-0.39, 0.29) is 5.69 Å². The zero-order valence-corrected chi connectivity index (χ0v) is 19.9. The highest BCUT2D eigenvalue weighted by atomic mass is 16.1. The normalized spacial score (nSPS) is 11.3. The Bertz CT molecular complexity index is 1450. The Kier molecular flexibility index (Phi) is 6.39. The molecule has 5 rings (SSSR count). The lowest BCUT2D eigenvalue weighted by molar-refractivity contribution is 0.566. The van der Waals surface area contributed by atoms with Gasteiger partial charge in [-0.25, -0.2) is 4.79 Å². The fourth-order valence-corrected chi connectivity index (χ4v) is 4.28. The molecule has 35 heavy (non-hydrogen) atoms. The highest BCUT2D eigenvalue weighted by molar-refractivity contribution is 5.80. The lowest BCUT2D eigenvalue weighted by Gasteiger charge is -2.11. The van der Waals surface area contributed by atoms with Crippen LogP contribution >= 0.6 is 0 Å². The van der Waals surface area contributed by atoms with Gasteiger partial charge >= 0.3 is 5.69 Å². The van der Waals surface area contributed by atoms with Crippen LogP contribution in [0.2, 0.25) is 0 Å². The number of benzene rings is 3. The van der Waals surface area contributed by atoms with Gasteiger partial charge < -0.3 is 0 Å². The number of hydrogen-bond acceptors (Lipinski definition) is 4. The summed E-state index contributed by atoms with van der Waals surface area (Å²) in [5.41, 5.74) is 6.01. The van der Waals surface area contributed by atoms with Crippen LogP contribution in [0.4, 0.5) is 0 Å². The van der Waals surface area contributed by atoms with E-state index < -0.39 is 0 Å². The molecule has 176 valence electrons. The van der Waals surface area contributed by atoms with E-state index in [0.717, 1.165) is 46.5 Å². The first kappa shape index (κ1) is 22.5. The first-order chi connectivity index (χ1) is 17.1. The number of nitrogens with zero attached hydrogens (tertiary/aromatic N) is 5. The molecule has 0 amide bonds. The summed E-state index contributed by atoms with van der Waals surface area (Å²) >= 11 is 0. The minimum Gasteiger partial charge on any atom is -0.292 e. The first-order valence-electron chi connectivity index (χ1n) is 11.9. The van der Waals surface area contributed by atoms with E-state index in [9.17, 15) is 4.79 Å². The van der Waals surface area contributed by atoms with Crippen molar-refractivity contribution in [3.63, 3.8) is 0 Å². The molecule has 7 heteroatoms. The largest absolute Gasteiger partial charge is 0.333 e. The van der Waals surface area contributed by atoms with Crippen LogP contribution in [0, 0.1) is 5.92 Å². The highest BCUT2D eigenvalue weighted by Crippen LogP contribution is 2.29. The van der Waals surface area contributed by atoms with Gasteiger partial charge in [-0.2, -0.15) is 5.21 Å². The van der Waals surface area contributed by atoms with Gasteiger partial charge in [0.2, 0.25) is 5.82 Å². The molecule has 0 saturated carbocycles. The van der Waals surface area contributed by atoms with E-state index in [0.29, 0.717) is 18.3 Å². The number of imidazole rings is 1. The van der Waals surface area contributed by atoms with E-state index in [1.165, 1.54) is 0 Å². The Morgan fingerprint density at radius 1 is 0.886 bits per heavy atom. The van der Waals surface area contributed by atoms with Crippen molar-refractivity contribution in [3.05, 3.63) is 107 Å². The molecule has 0 aliphatic rings. The van der Waals surface area contributed by atoms with Crippen molar-refractivity contribution in [2.75, 3.05) is 0 Å². The number of aryl methyl sites for hydroxylation is 1. The summed E-state index contributed by atoms with van der Waals surface area (Å²) in [5.74, 6) is 1.13. The molecule has 0 bridgehead atoms. The summed E-state index contributed by atoms with van der Waals surface area (Å²) in [6, 6.07) is 26.1. The van der Waals surface area contributed by atoms with Gasteiger partial charge in [0.25, 0.3) is 0 Å². The summed E-state index contributed by atoms with van der Waals surface area (Å²) in [7, 11) is 0. The number of H-pyrrole nitrogens is 1. The van der Waals surface area contributed by atoms with Crippen molar-refractivity contribution >= 4 is 0 Å². The summed E-state index contributed by atoms with van der Waals surface area (Å²) in [4.78, 5) is 13.4. The van der Waals surface area contributed by atoms with E-state index in [2.05, 4.69) is 64.8 Å². The smallest absolute Gasteiger partial charge is 0.292 e. The second-order valence-electron chi connectivity index (χ2n) is 9.11. The molecule has 1 N–H and O–H groups in total. The van der Waals surface area contributed by atoms with Crippen molar-refractivity contribution < 1.29 is 0 Å². The number of hydrogen-bond donors (Lipinski definition) is 1. The van der Waals surface area contributed by atoms with Crippen LogP contribution in [0.5, 0.6) is 0 Å². The predicted octanol–water partition coefficient (Wildman–Crippen LogP) is 5.12. The lowest BCUT2D eigenvalue weighted by atomic mass is 9.98. The standard InChI is InChI=1S/C28H28N6O/c1-20(2)12-17-24-19-34(23-8-4-3-5-9-23)28(35)33(24)18-21-13-15-22(16-14-21)25-10-6-7-11-26(25)27-29-31-32-30-27/h3-11,13-16,19-20H,12,17-18H2,1-2H3,(H,29,30,31,32). The lowest BCUT2D eigenvalue weighted by Crippen LogP contribution is -2.24. The Hall–Kier alpha value is -4.26. The van der Waals surface area contributed by atoms with Gasteiger partial charge in [0.15, 0.2) is 0 Å². The quantitative estimate of drug-likeness (QED) is 0.345. The van der Waals surface area contributed by atoms with E-state index in [1.807, 2.05) is 59.3 Å². The zero-order valence-electron chi connectivity index (χ0n) is 19.9. The van der Waals surface area contributed by atoms with Gasteiger partial charge in [-0.1, -0.05) is 80.6 Å². The Balaban J connectivity index is 1.46. The summed E-state index contributed by atoms with van der Waals surface area (Å²) in [6.45, 7) is 4.95. The fourth-order valence-electron chi connectivity index (χ4n) is 4.28. The van der Waals surface area contributed by atoms with Crippen molar-refractivity contribution in [1.82, 2.24) is 29.8 Å². The third-order valence-electron chi connectivity index (χ3n) is 6.19. The van der Waals surface area contributed by atoms with Crippen LogP contribution in [-0.4, -0.2) is 29.8 Å². The summed E-state index contributed by atoms with van der Waals surface area (Å²) < 4.78 is 3.66. The Labute approximate surface area is 204 Å². The van der Waals surface area contributed by atoms with Crippen molar-refractivity contribution in [2.45, 2.75) is 33.2 Å². The average molecular weight is 465 g/mol. The molecule has 0 saturated heterocycles. The molecule has 2 heterocycles. The van der Waals surface area contributed by atoms with Gasteiger partial charge in [0, 0.05) is 17.5 Å². The van der Waals surface area contributed by atoms with Gasteiger partial charge in [0.05, 0.1) is 12.2 Å². The number of tetrazole rings is 1. The molecule has 0 fully saturated rings. The molecule has 3 aromatic carbocycles. The van der Waals surface area contributed by atoms with Gasteiger partial charge in [-0.05, 0) is 52.8 Å². The number of rotatable bonds is 8. The number of aromatic nitrogens is 6. The van der Waals surface area contributed by atoms with E-state index in [1.54, 1.807) is 4.57 Å². The third kappa shape index (κ3) is 4.84. The van der Waals surface area contributed by atoms with Crippen molar-refractivity contribution in [3.8, 4) is 28.2 Å². The second-order valence-corrected chi connectivity index (χ2v) is 9.11. The van der Waals surface area contributed by atoms with Gasteiger partial charge in [-0.3, -0.25) is 9.13 Å². The minimum atomic E-state index is -0.0125. The third-order valence-corrected chi connectivity index (χ3v) is 6.19. The monoisotopic (exact) mass is 464 g/mol. The van der Waals surface area contributed by atoms with Gasteiger partial charge in [-0.15, -0.1) is 10.2 Å². The van der Waals surface area contributed by atoms with E-state index >= 15 is 0 Å². The first-order valence-corrected chi connectivity index (χ1v) is 11.9. The average Bonchev–Trinajstić information content (AvgIpc) is 3.53. The van der Waals surface area contributed by atoms with Gasteiger partial charge in [0.1, 0.15) is 0 Å². The number of aromatic amines is 1. The molecule has 0 aliphatic carbocycles. The maximum absolute atomic E-state index is 13.4. The maximum Gasteiger partial charge on any atom is 0.333 e. The molecule has 5 aromatic rings. The van der Waals surface area contributed by atoms with Crippen LogP contribution < -0.4 is 5.69 Å². The topological polar surface area (TPSA) is 81.4 Å². The molecular formula is C28H28N6O. The van der Waals surface area contributed by atoms with Crippen LogP contribution in [0.15, 0.2) is 89.9 Å². The molecule has 7 nitrogen and oxygen atoms in total. The Morgan fingerprint density at radius 3 is 2.29 bits per heavy atom. The van der Waals surface area contributed by atoms with Crippen LogP contribution in [-0.2, 0) is 13.0 Å². The fraction of sp³-hybridized carbons (Fsp3) is 0.214. The maximum atomic E-state index is 13.4. The summed E-state index contributed by atoms with van der Waals surface area (Å²) in [5, 5.41) is 14.5. The molecule has 0 radical (unpaired) electrons. The van der Waals surface area contributed by atoms with E-state index in [4.69, 9.17) is 0 Å². The predicted molar refractivity (Wildman–Crippen MR) is 137 cm³/mol. The second kappa shape index (κ2) is 9.93. The Morgan fingerprint density at radius 2 is 1.60 bits per heavy atom. The molecule has 0 spiro atoms. The van der Waals surface area contributed by atoms with Crippen LogP contribution in [0.3, 0.4) is 0 Å². The molecule has 0 atom stereocenters. The van der Waals surface area contributed by atoms with Crippen LogP contribution in [0.25, 0.3) is 28.2 Å². The molecular weight excluding hydrogens is 436 g/mol.